The molecule has 2 N–H and O–H groups in total. The first-order chi connectivity index (χ1) is 18.5. The van der Waals surface area contributed by atoms with E-state index in [0.717, 1.165) is 32.0 Å². The zero-order valence-electron chi connectivity index (χ0n) is 22.9. The summed E-state index contributed by atoms with van der Waals surface area (Å²) >= 11 is 0. The third kappa shape index (κ3) is 6.41. The van der Waals surface area contributed by atoms with Crippen molar-refractivity contribution in [2.75, 3.05) is 45.8 Å². The van der Waals surface area contributed by atoms with Gasteiger partial charge in [-0.1, -0.05) is 12.1 Å². The SMILES string of the molecule is COc1c(NC2CCN(C)CC2)c(C(=O)NC(C)c2cccc(C(F)(F)F)c2C)cn(C2CCOCC2)c1=O. The molecule has 2 aromatic rings. The van der Waals surface area contributed by atoms with Crippen molar-refractivity contribution in [3.05, 3.63) is 57.0 Å². The van der Waals surface area contributed by atoms with Crippen molar-refractivity contribution >= 4 is 11.6 Å². The largest absolute Gasteiger partial charge is 0.490 e. The lowest BCUT2D eigenvalue weighted by Crippen LogP contribution is -2.39. The van der Waals surface area contributed by atoms with Gasteiger partial charge >= 0.3 is 6.18 Å². The Kier molecular flexibility index (Phi) is 8.90. The summed E-state index contributed by atoms with van der Waals surface area (Å²) in [6.45, 7) is 5.79. The molecule has 214 valence electrons. The number of nitrogens with zero attached hydrogens (tertiary/aromatic N) is 2. The van der Waals surface area contributed by atoms with Crippen molar-refractivity contribution in [1.29, 1.82) is 0 Å². The second kappa shape index (κ2) is 12.0. The first-order valence-corrected chi connectivity index (χ1v) is 13.3. The molecule has 39 heavy (non-hydrogen) atoms. The van der Waals surface area contributed by atoms with Crippen LogP contribution in [-0.2, 0) is 10.9 Å². The van der Waals surface area contributed by atoms with E-state index in [-0.39, 0.29) is 34.5 Å². The highest BCUT2D eigenvalue weighted by Crippen LogP contribution is 2.35. The van der Waals surface area contributed by atoms with Gasteiger partial charge in [0.15, 0.2) is 0 Å². The Hall–Kier alpha value is -3.05. The molecule has 0 aliphatic carbocycles. The Morgan fingerprint density at radius 2 is 1.82 bits per heavy atom. The predicted molar refractivity (Wildman–Crippen MR) is 143 cm³/mol. The number of amides is 1. The van der Waals surface area contributed by atoms with Crippen LogP contribution in [0.25, 0.3) is 0 Å². The number of ether oxygens (including phenoxy) is 2. The van der Waals surface area contributed by atoms with Gasteiger partial charge in [0.1, 0.15) is 0 Å². The summed E-state index contributed by atoms with van der Waals surface area (Å²) in [5.74, 6) is -0.454. The first-order valence-electron chi connectivity index (χ1n) is 13.3. The fourth-order valence-corrected chi connectivity index (χ4v) is 5.49. The van der Waals surface area contributed by atoms with Crippen LogP contribution in [0.1, 0.15) is 71.7 Å². The number of alkyl halides is 3. The molecule has 0 spiro atoms. The Morgan fingerprint density at radius 1 is 1.15 bits per heavy atom. The van der Waals surface area contributed by atoms with Crippen molar-refractivity contribution in [2.24, 2.45) is 0 Å². The topological polar surface area (TPSA) is 84.8 Å². The third-order valence-corrected chi connectivity index (χ3v) is 7.79. The second-order valence-corrected chi connectivity index (χ2v) is 10.4. The van der Waals surface area contributed by atoms with Crippen molar-refractivity contribution in [2.45, 2.75) is 63.8 Å². The van der Waals surface area contributed by atoms with Gasteiger partial charge in [0.2, 0.25) is 5.75 Å². The number of nitrogens with one attached hydrogen (secondary N) is 2. The average Bonchev–Trinajstić information content (AvgIpc) is 2.90. The summed E-state index contributed by atoms with van der Waals surface area (Å²) in [5.41, 5.74) is -0.113. The van der Waals surface area contributed by atoms with E-state index < -0.39 is 23.7 Å². The molecule has 0 saturated carbocycles. The molecule has 0 radical (unpaired) electrons. The smallest absolute Gasteiger partial charge is 0.416 e. The Balaban J connectivity index is 1.72. The molecule has 0 bridgehead atoms. The minimum Gasteiger partial charge on any atom is -0.490 e. The third-order valence-electron chi connectivity index (χ3n) is 7.79. The fraction of sp³-hybridized carbons (Fsp3) is 0.571. The summed E-state index contributed by atoms with van der Waals surface area (Å²) in [5, 5.41) is 6.26. The van der Waals surface area contributed by atoms with Crippen LogP contribution >= 0.6 is 0 Å². The Labute approximate surface area is 226 Å². The molecule has 2 saturated heterocycles. The Morgan fingerprint density at radius 3 is 2.44 bits per heavy atom. The van der Waals surface area contributed by atoms with Crippen LogP contribution in [0.5, 0.6) is 5.75 Å². The molecule has 1 unspecified atom stereocenters. The number of hydrogen-bond acceptors (Lipinski definition) is 6. The van der Waals surface area contributed by atoms with E-state index in [4.69, 9.17) is 9.47 Å². The van der Waals surface area contributed by atoms with E-state index in [0.29, 0.717) is 37.3 Å². The number of carbonyl (C=O) groups is 1. The number of halogens is 3. The van der Waals surface area contributed by atoms with E-state index in [1.54, 1.807) is 19.2 Å². The maximum Gasteiger partial charge on any atom is 0.416 e. The van der Waals surface area contributed by atoms with E-state index in [1.807, 2.05) is 7.05 Å². The number of carbonyl (C=O) groups excluding carboxylic acids is 1. The van der Waals surface area contributed by atoms with Crippen LogP contribution in [0, 0.1) is 6.92 Å². The van der Waals surface area contributed by atoms with Crippen molar-refractivity contribution in [3.63, 3.8) is 0 Å². The first kappa shape index (κ1) is 28.9. The van der Waals surface area contributed by atoms with Crippen LogP contribution in [-0.4, -0.2) is 61.9 Å². The number of benzene rings is 1. The zero-order chi connectivity index (χ0) is 28.3. The molecule has 2 aliphatic heterocycles. The Bertz CT molecular complexity index is 1230. The minimum atomic E-state index is -4.50. The standard InChI is InChI=1S/C28H37F3N4O4/c1-17-21(6-5-7-23(17)28(29,30)31)18(2)32-26(36)22-16-35(20-10-14-39-15-11-20)27(37)25(38-4)24(22)33-19-8-12-34(3)13-9-19/h5-7,16,18-20,33H,8-15H2,1-4H3,(H,32,36). The minimum absolute atomic E-state index is 0.0307. The van der Waals surface area contributed by atoms with Crippen LogP contribution in [0.3, 0.4) is 0 Å². The molecule has 1 amide bonds. The molecule has 1 aromatic carbocycles. The van der Waals surface area contributed by atoms with E-state index >= 15 is 0 Å². The van der Waals surface area contributed by atoms with Gasteiger partial charge in [-0.25, -0.2) is 0 Å². The summed E-state index contributed by atoms with van der Waals surface area (Å²) < 4.78 is 53.1. The number of anilines is 1. The molecular weight excluding hydrogens is 513 g/mol. The lowest BCUT2D eigenvalue weighted by atomic mass is 9.97. The van der Waals surface area contributed by atoms with Crippen molar-refractivity contribution < 1.29 is 27.4 Å². The molecule has 2 fully saturated rings. The zero-order valence-corrected chi connectivity index (χ0v) is 22.9. The number of likely N-dealkylation sites (tertiary alicyclic amines) is 1. The van der Waals surface area contributed by atoms with Crippen LogP contribution < -0.4 is 20.9 Å². The molecule has 3 heterocycles. The maximum atomic E-state index is 13.8. The van der Waals surface area contributed by atoms with Crippen LogP contribution in [0.4, 0.5) is 18.9 Å². The van der Waals surface area contributed by atoms with Gasteiger partial charge in [0.25, 0.3) is 11.5 Å². The second-order valence-electron chi connectivity index (χ2n) is 10.4. The number of pyridine rings is 1. The quantitative estimate of drug-likeness (QED) is 0.527. The van der Waals surface area contributed by atoms with E-state index in [1.165, 1.54) is 24.7 Å². The van der Waals surface area contributed by atoms with Gasteiger partial charge in [-0.05, 0) is 76.9 Å². The maximum absolute atomic E-state index is 13.8. The highest BCUT2D eigenvalue weighted by atomic mass is 19.4. The molecular formula is C28H37F3N4O4. The van der Waals surface area contributed by atoms with Gasteiger partial charge in [-0.2, -0.15) is 13.2 Å². The highest BCUT2D eigenvalue weighted by Gasteiger charge is 2.34. The lowest BCUT2D eigenvalue weighted by molar-refractivity contribution is -0.138. The van der Waals surface area contributed by atoms with Gasteiger partial charge in [-0.3, -0.25) is 9.59 Å². The normalized spacial score (nSPS) is 18.5. The summed E-state index contributed by atoms with van der Waals surface area (Å²) in [4.78, 5) is 29.5. The van der Waals surface area contributed by atoms with Gasteiger partial charge in [0, 0.05) is 31.5 Å². The average molecular weight is 551 g/mol. The number of aromatic nitrogens is 1. The van der Waals surface area contributed by atoms with E-state index in [9.17, 15) is 22.8 Å². The number of piperidine rings is 1. The molecule has 4 rings (SSSR count). The molecule has 2 aliphatic rings. The van der Waals surface area contributed by atoms with Gasteiger partial charge < -0.3 is 29.6 Å². The van der Waals surface area contributed by atoms with Crippen molar-refractivity contribution in [1.82, 2.24) is 14.8 Å². The highest BCUT2D eigenvalue weighted by molar-refractivity contribution is 6.01. The van der Waals surface area contributed by atoms with Crippen LogP contribution in [0.2, 0.25) is 0 Å². The predicted octanol–water partition coefficient (Wildman–Crippen LogP) is 4.53. The lowest BCUT2D eigenvalue weighted by Gasteiger charge is -2.32. The summed E-state index contributed by atoms with van der Waals surface area (Å²) in [7, 11) is 3.45. The van der Waals surface area contributed by atoms with Gasteiger partial charge in [0.05, 0.1) is 30.0 Å². The van der Waals surface area contributed by atoms with Crippen LogP contribution in [0.15, 0.2) is 29.2 Å². The molecule has 11 heteroatoms. The van der Waals surface area contributed by atoms with Gasteiger partial charge in [-0.15, -0.1) is 0 Å². The number of methoxy groups -OCH3 is 1. The summed E-state index contributed by atoms with van der Waals surface area (Å²) in [6.07, 6.45) is -0.0642. The monoisotopic (exact) mass is 550 g/mol. The molecule has 8 nitrogen and oxygen atoms in total. The number of hydrogen-bond donors (Lipinski definition) is 2. The fourth-order valence-electron chi connectivity index (χ4n) is 5.49. The van der Waals surface area contributed by atoms with Crippen molar-refractivity contribution in [3.8, 4) is 5.75 Å². The van der Waals surface area contributed by atoms with E-state index in [2.05, 4.69) is 15.5 Å². The summed E-state index contributed by atoms with van der Waals surface area (Å²) in [6, 6.07) is 3.11. The number of rotatable bonds is 7. The molecule has 1 atom stereocenters. The molecule has 1 aromatic heterocycles.